The van der Waals surface area contributed by atoms with Gasteiger partial charge < -0.3 is 10.1 Å². The van der Waals surface area contributed by atoms with Crippen molar-refractivity contribution in [3.05, 3.63) is 46.8 Å². The molecule has 6 nitrogen and oxygen atoms in total. The molecule has 0 saturated heterocycles. The zero-order valence-electron chi connectivity index (χ0n) is 13.6. The van der Waals surface area contributed by atoms with Gasteiger partial charge in [0, 0.05) is 16.4 Å². The highest BCUT2D eigenvalue weighted by molar-refractivity contribution is 7.94. The number of rotatable bonds is 5. The average Bonchev–Trinajstić information content (AvgIpc) is 3.13. The summed E-state index contributed by atoms with van der Waals surface area (Å²) in [6, 6.07) is 4.70. The second-order valence-electron chi connectivity index (χ2n) is 5.73. The summed E-state index contributed by atoms with van der Waals surface area (Å²) in [5.74, 6) is -0.859. The van der Waals surface area contributed by atoms with Crippen molar-refractivity contribution in [1.82, 2.24) is 10.3 Å². The van der Waals surface area contributed by atoms with Crippen molar-refractivity contribution in [1.29, 1.82) is 0 Å². The highest BCUT2D eigenvalue weighted by atomic mass is 32.2. The molecule has 0 fully saturated rings. The molecule has 144 valence electrons. The van der Waals surface area contributed by atoms with Crippen LogP contribution in [-0.2, 0) is 21.1 Å². The van der Waals surface area contributed by atoms with Crippen molar-refractivity contribution in [2.45, 2.75) is 18.8 Å². The van der Waals surface area contributed by atoms with Crippen LogP contribution in [0.1, 0.15) is 5.69 Å². The Morgan fingerprint density at radius 3 is 2.59 bits per heavy atom. The van der Waals surface area contributed by atoms with Crippen molar-refractivity contribution < 1.29 is 31.1 Å². The molecular weight excluding hydrogens is 405 g/mol. The number of hydrogen-bond acceptors (Lipinski definition) is 6. The number of thiazole rings is 1. The third-order valence-corrected chi connectivity index (χ3v) is 5.84. The monoisotopic (exact) mass is 418 g/mol. The summed E-state index contributed by atoms with van der Waals surface area (Å²) in [6.07, 6.45) is -3.36. The van der Waals surface area contributed by atoms with Crippen LogP contribution in [0.4, 0.5) is 13.2 Å². The van der Waals surface area contributed by atoms with E-state index < -0.39 is 22.2 Å². The number of hydrogen-bond donors (Lipinski definition) is 1. The molecule has 0 saturated carbocycles. The minimum absolute atomic E-state index is 0.0316. The first-order chi connectivity index (χ1) is 12.6. The highest BCUT2D eigenvalue weighted by Gasteiger charge is 2.31. The van der Waals surface area contributed by atoms with Gasteiger partial charge in [-0.25, -0.2) is 13.4 Å². The van der Waals surface area contributed by atoms with Crippen LogP contribution in [0.2, 0.25) is 0 Å². The Morgan fingerprint density at radius 1 is 1.30 bits per heavy atom. The van der Waals surface area contributed by atoms with Crippen LogP contribution in [0.3, 0.4) is 0 Å². The predicted molar refractivity (Wildman–Crippen MR) is 92.8 cm³/mol. The van der Waals surface area contributed by atoms with E-state index in [0.717, 1.165) is 5.41 Å². The number of ether oxygens (including phenoxy) is 1. The Balaban J connectivity index is 1.60. The van der Waals surface area contributed by atoms with Crippen molar-refractivity contribution in [2.75, 3.05) is 5.75 Å². The van der Waals surface area contributed by atoms with Gasteiger partial charge in [-0.2, -0.15) is 0 Å². The number of nitrogens with zero attached hydrogens (tertiary/aromatic N) is 1. The number of carbonyl (C=O) groups is 1. The smallest absolute Gasteiger partial charge is 0.406 e. The number of aromatic nitrogens is 1. The van der Waals surface area contributed by atoms with E-state index >= 15 is 0 Å². The number of nitrogens with one attached hydrogen (secondary N) is 1. The Hall–Kier alpha value is -2.40. The van der Waals surface area contributed by atoms with Crippen molar-refractivity contribution in [3.8, 4) is 16.3 Å². The summed E-state index contributed by atoms with van der Waals surface area (Å²) in [5, 5.41) is 5.88. The fourth-order valence-corrected chi connectivity index (χ4v) is 4.47. The van der Waals surface area contributed by atoms with E-state index in [0.29, 0.717) is 16.3 Å². The van der Waals surface area contributed by atoms with Gasteiger partial charge in [0.2, 0.25) is 5.91 Å². The lowest BCUT2D eigenvalue weighted by Crippen LogP contribution is -2.36. The molecule has 0 spiro atoms. The number of benzene rings is 1. The van der Waals surface area contributed by atoms with Crippen LogP contribution in [0, 0.1) is 0 Å². The fraction of sp³-hybridized carbons (Fsp3) is 0.250. The first-order valence-electron chi connectivity index (χ1n) is 7.60. The molecule has 2 aromatic rings. The molecule has 0 unspecified atom stereocenters. The zero-order chi connectivity index (χ0) is 19.7. The summed E-state index contributed by atoms with van der Waals surface area (Å²) < 4.78 is 63.0. The third kappa shape index (κ3) is 5.54. The molecule has 27 heavy (non-hydrogen) atoms. The summed E-state index contributed by atoms with van der Waals surface area (Å²) in [7, 11) is -3.25. The average molecular weight is 418 g/mol. The number of halogens is 3. The van der Waals surface area contributed by atoms with Crippen LogP contribution < -0.4 is 10.1 Å². The summed E-state index contributed by atoms with van der Waals surface area (Å²) in [5.41, 5.74) is 1.07. The van der Waals surface area contributed by atoms with E-state index in [2.05, 4.69) is 15.0 Å². The quantitative estimate of drug-likeness (QED) is 0.807. The first-order valence-corrected chi connectivity index (χ1v) is 10.2. The molecule has 0 radical (unpaired) electrons. The minimum atomic E-state index is -4.75. The molecule has 2 heterocycles. The second kappa shape index (κ2) is 7.31. The topological polar surface area (TPSA) is 85.4 Å². The van der Waals surface area contributed by atoms with E-state index in [-0.39, 0.29) is 23.8 Å². The lowest BCUT2D eigenvalue weighted by Gasteiger charge is -2.09. The summed E-state index contributed by atoms with van der Waals surface area (Å²) in [4.78, 5) is 16.3. The number of carbonyl (C=O) groups excluding carboxylic acids is 1. The Labute approximate surface area is 156 Å². The van der Waals surface area contributed by atoms with Crippen LogP contribution >= 0.6 is 11.3 Å². The normalized spacial score (nSPS) is 18.4. The standard InChI is InChI=1S/C16H13F3N2O4S2/c17-16(18,19)25-13-3-1-10(2-4-13)15-21-12(8-26-15)7-14(22)20-11-5-6-27(23,24)9-11/h1-6,8,11H,7,9H2,(H,20,22)/t11-/m1/s1. The summed E-state index contributed by atoms with van der Waals surface area (Å²) >= 11 is 1.24. The lowest BCUT2D eigenvalue weighted by atomic mass is 10.2. The van der Waals surface area contributed by atoms with Gasteiger partial charge in [-0.15, -0.1) is 24.5 Å². The van der Waals surface area contributed by atoms with Gasteiger partial charge in [-0.1, -0.05) is 0 Å². The maximum absolute atomic E-state index is 12.2. The Kier molecular flexibility index (Phi) is 5.24. The molecule has 11 heteroatoms. The molecule has 1 aliphatic heterocycles. The van der Waals surface area contributed by atoms with Gasteiger partial charge in [0.1, 0.15) is 10.8 Å². The van der Waals surface area contributed by atoms with Crippen molar-refractivity contribution in [3.63, 3.8) is 0 Å². The van der Waals surface area contributed by atoms with E-state index in [1.807, 2.05) is 0 Å². The number of sulfone groups is 1. The largest absolute Gasteiger partial charge is 0.573 e. The molecule has 1 aliphatic rings. The first kappa shape index (κ1) is 19.4. The van der Waals surface area contributed by atoms with Crippen LogP contribution in [-0.4, -0.2) is 37.5 Å². The highest BCUT2D eigenvalue weighted by Crippen LogP contribution is 2.28. The molecular formula is C16H13F3N2O4S2. The molecule has 1 aromatic carbocycles. The third-order valence-electron chi connectivity index (χ3n) is 3.50. The van der Waals surface area contributed by atoms with Gasteiger partial charge in [0.15, 0.2) is 9.84 Å². The van der Waals surface area contributed by atoms with E-state index in [1.165, 1.54) is 41.7 Å². The van der Waals surface area contributed by atoms with Gasteiger partial charge >= 0.3 is 6.36 Å². The van der Waals surface area contributed by atoms with Crippen molar-refractivity contribution >= 4 is 27.1 Å². The number of amides is 1. The Morgan fingerprint density at radius 2 is 2.00 bits per heavy atom. The van der Waals surface area contributed by atoms with Gasteiger partial charge in [-0.05, 0) is 30.3 Å². The summed E-state index contributed by atoms with van der Waals surface area (Å²) in [6.45, 7) is 0. The minimum Gasteiger partial charge on any atom is -0.406 e. The maximum atomic E-state index is 12.2. The van der Waals surface area contributed by atoms with Gasteiger partial charge in [0.05, 0.1) is 23.9 Å². The molecule has 0 aliphatic carbocycles. The van der Waals surface area contributed by atoms with E-state index in [1.54, 1.807) is 5.38 Å². The molecule has 1 aromatic heterocycles. The van der Waals surface area contributed by atoms with E-state index in [9.17, 15) is 26.4 Å². The SMILES string of the molecule is O=C(Cc1csc(-c2ccc(OC(F)(F)F)cc2)n1)N[C@@H]1C=CS(=O)(=O)C1. The predicted octanol–water partition coefficient (Wildman–Crippen LogP) is 2.68. The number of alkyl halides is 3. The van der Waals surface area contributed by atoms with Crippen molar-refractivity contribution in [2.24, 2.45) is 0 Å². The molecule has 1 amide bonds. The fourth-order valence-electron chi connectivity index (χ4n) is 2.41. The second-order valence-corrected chi connectivity index (χ2v) is 8.51. The van der Waals surface area contributed by atoms with Crippen LogP contribution in [0.25, 0.3) is 10.6 Å². The molecule has 1 atom stereocenters. The van der Waals surface area contributed by atoms with Crippen LogP contribution in [0.15, 0.2) is 41.1 Å². The maximum Gasteiger partial charge on any atom is 0.573 e. The zero-order valence-corrected chi connectivity index (χ0v) is 15.2. The molecule has 1 N–H and O–H groups in total. The molecule has 3 rings (SSSR count). The van der Waals surface area contributed by atoms with Crippen LogP contribution in [0.5, 0.6) is 5.75 Å². The van der Waals surface area contributed by atoms with Gasteiger partial charge in [-0.3, -0.25) is 4.79 Å². The lowest BCUT2D eigenvalue weighted by molar-refractivity contribution is -0.274. The molecule has 0 bridgehead atoms. The Bertz CT molecular complexity index is 966. The van der Waals surface area contributed by atoms with E-state index in [4.69, 9.17) is 0 Å². The van der Waals surface area contributed by atoms with Gasteiger partial charge in [0.25, 0.3) is 0 Å².